The maximum absolute atomic E-state index is 5.44. The van der Waals surface area contributed by atoms with Gasteiger partial charge in [-0.2, -0.15) is 0 Å². The third-order valence-electron chi connectivity index (χ3n) is 4.65. The Balaban J connectivity index is 0.000000236. The van der Waals surface area contributed by atoms with Crippen LogP contribution in [-0.4, -0.2) is 6.66 Å². The van der Waals surface area contributed by atoms with Crippen molar-refractivity contribution in [2.24, 2.45) is 0 Å². The first-order valence-corrected chi connectivity index (χ1v) is 13.0. The van der Waals surface area contributed by atoms with E-state index in [0.717, 1.165) is 4.90 Å². The minimum Gasteiger partial charge on any atom is -0.0622 e. The highest BCUT2D eigenvalue weighted by atomic mass is 35.7. The van der Waals surface area contributed by atoms with Gasteiger partial charge in [0.2, 0.25) is 0 Å². The molecule has 3 heteroatoms. The summed E-state index contributed by atoms with van der Waals surface area (Å²) < 4.78 is 0. The summed E-state index contributed by atoms with van der Waals surface area (Å²) in [6.45, 7) is 2.41. The molecule has 4 rings (SSSR count). The molecule has 0 nitrogen and oxygen atoms in total. The number of rotatable bonds is 4. The Kier molecular flexibility index (Phi) is 7.74. The van der Waals surface area contributed by atoms with Gasteiger partial charge in [-0.25, -0.2) is 0 Å². The van der Waals surface area contributed by atoms with E-state index in [4.69, 9.17) is 10.7 Å². The second-order valence-corrected chi connectivity index (χ2v) is 11.1. The first-order chi connectivity index (χ1) is 13.7. The molecule has 0 amide bonds. The predicted molar refractivity (Wildman–Crippen MR) is 129 cm³/mol. The Morgan fingerprint density at radius 3 is 1.04 bits per heavy atom. The molecule has 140 valence electrons. The fraction of sp³-hybridized carbons (Fsp3) is 0.0400. The molecule has 0 N–H and O–H groups in total. The first kappa shape index (κ1) is 20.7. The Hall–Kier alpha value is -2.05. The molecular weight excluding hydrogens is 399 g/mol. The number of hydrogen-bond donors (Lipinski definition) is 0. The highest BCUT2D eigenvalue weighted by Crippen LogP contribution is 2.51. The van der Waals surface area contributed by atoms with Crippen LogP contribution in [0, 0.1) is 0 Å². The lowest BCUT2D eigenvalue weighted by molar-refractivity contribution is 1.48. The molecule has 0 aliphatic rings. The van der Waals surface area contributed by atoms with Crippen molar-refractivity contribution in [1.29, 1.82) is 0 Å². The highest BCUT2D eigenvalue weighted by molar-refractivity contribution is 8.21. The molecule has 0 heterocycles. The fourth-order valence-corrected chi connectivity index (χ4v) is 6.87. The largest absolute Gasteiger partial charge is 0.109 e. The van der Waals surface area contributed by atoms with Crippen LogP contribution in [0.3, 0.4) is 0 Å². The Bertz CT molecular complexity index is 848. The van der Waals surface area contributed by atoms with Crippen LogP contribution in [0.15, 0.2) is 126 Å². The van der Waals surface area contributed by atoms with Gasteiger partial charge in [0.25, 0.3) is 0 Å². The molecule has 4 aromatic carbocycles. The summed E-state index contributed by atoms with van der Waals surface area (Å²) in [7, 11) is 5.16. The van der Waals surface area contributed by atoms with Crippen molar-refractivity contribution >= 4 is 44.8 Å². The Morgan fingerprint density at radius 2 is 0.786 bits per heavy atom. The van der Waals surface area contributed by atoms with E-state index in [1.54, 1.807) is 0 Å². The van der Waals surface area contributed by atoms with Crippen molar-refractivity contribution in [3.8, 4) is 0 Å². The van der Waals surface area contributed by atoms with Crippen molar-refractivity contribution < 1.29 is 0 Å². The summed E-state index contributed by atoms with van der Waals surface area (Å²) in [5.41, 5.74) is 0. The van der Waals surface area contributed by atoms with Crippen molar-refractivity contribution in [1.82, 2.24) is 0 Å². The van der Waals surface area contributed by atoms with E-state index >= 15 is 0 Å². The van der Waals surface area contributed by atoms with Crippen LogP contribution in [0.1, 0.15) is 0 Å². The highest BCUT2D eigenvalue weighted by Gasteiger charge is 2.39. The van der Waals surface area contributed by atoms with Crippen molar-refractivity contribution in [2.75, 3.05) is 6.66 Å². The van der Waals surface area contributed by atoms with Gasteiger partial charge >= 0.3 is 0 Å². The van der Waals surface area contributed by atoms with E-state index in [0.29, 0.717) is 0 Å². The average molecular weight is 422 g/mol. The monoisotopic (exact) mass is 421 g/mol. The van der Waals surface area contributed by atoms with E-state index < -0.39 is 7.26 Å². The Labute approximate surface area is 177 Å². The van der Waals surface area contributed by atoms with Gasteiger partial charge in [0.1, 0.15) is 23.2 Å². The van der Waals surface area contributed by atoms with Crippen LogP contribution in [0.2, 0.25) is 0 Å². The fourth-order valence-electron chi connectivity index (χ4n) is 3.10. The van der Waals surface area contributed by atoms with Crippen LogP contribution in [0.25, 0.3) is 0 Å². The zero-order valence-electron chi connectivity index (χ0n) is 15.8. The molecule has 0 aliphatic heterocycles. The van der Waals surface area contributed by atoms with E-state index in [-0.39, 0.29) is 0 Å². The number of hydrogen-bond acceptors (Lipinski definition) is 1. The van der Waals surface area contributed by atoms with Crippen LogP contribution in [0.4, 0.5) is 0 Å². The molecule has 0 aromatic heterocycles. The van der Waals surface area contributed by atoms with Gasteiger partial charge in [0, 0.05) is 4.90 Å². The zero-order valence-corrected chi connectivity index (χ0v) is 18.2. The molecule has 0 atom stereocenters. The van der Waals surface area contributed by atoms with Crippen molar-refractivity contribution in [3.05, 3.63) is 121 Å². The molecule has 0 bridgehead atoms. The molecule has 0 unspecified atom stereocenters. The van der Waals surface area contributed by atoms with Gasteiger partial charge in [-0.3, -0.25) is 0 Å². The molecule has 0 aliphatic carbocycles. The zero-order chi connectivity index (χ0) is 19.7. The van der Waals surface area contributed by atoms with Gasteiger partial charge in [-0.05, 0) is 70.2 Å². The summed E-state index contributed by atoms with van der Waals surface area (Å²) in [5, 5.41) is 4.28. The lowest BCUT2D eigenvalue weighted by atomic mass is 10.4. The summed E-state index contributed by atoms with van der Waals surface area (Å²) in [5.74, 6) is 0. The molecule has 0 saturated carbocycles. The van der Waals surface area contributed by atoms with Gasteiger partial charge in [0.05, 0.1) is 6.66 Å². The van der Waals surface area contributed by atoms with E-state index in [1.165, 1.54) is 26.9 Å². The summed E-state index contributed by atoms with van der Waals surface area (Å²) in [4.78, 5) is 1.09. The third-order valence-corrected chi connectivity index (χ3v) is 9.63. The van der Waals surface area contributed by atoms with Crippen LogP contribution in [0.5, 0.6) is 0 Å². The standard InChI is InChI=1S/C19H18P.C6H5ClS/c1-20(17-11-5-2-6-12-17,18-13-7-3-8-14-18)19-15-9-4-10-16-19;7-8-6-4-2-1-3-5-6/h2-16H,1H3;1-5H/q+1;. The van der Waals surface area contributed by atoms with Gasteiger partial charge in [-0.15, -0.1) is 0 Å². The van der Waals surface area contributed by atoms with E-state index in [9.17, 15) is 0 Å². The van der Waals surface area contributed by atoms with E-state index in [2.05, 4.69) is 97.7 Å². The lowest BCUT2D eigenvalue weighted by Gasteiger charge is -2.22. The molecule has 28 heavy (non-hydrogen) atoms. The summed E-state index contributed by atoms with van der Waals surface area (Å²) >= 11 is 0. The topological polar surface area (TPSA) is 0 Å². The van der Waals surface area contributed by atoms with Crippen molar-refractivity contribution in [3.63, 3.8) is 0 Å². The van der Waals surface area contributed by atoms with Crippen LogP contribution < -0.4 is 15.9 Å². The van der Waals surface area contributed by atoms with Crippen LogP contribution >= 0.6 is 28.9 Å². The normalized spacial score (nSPS) is 10.6. The number of halogens is 1. The molecule has 0 saturated heterocycles. The van der Waals surface area contributed by atoms with Gasteiger partial charge in [0.15, 0.2) is 0 Å². The molecule has 0 spiro atoms. The lowest BCUT2D eigenvalue weighted by Crippen LogP contribution is -2.30. The van der Waals surface area contributed by atoms with Gasteiger partial charge in [-0.1, -0.05) is 72.8 Å². The summed E-state index contributed by atoms with van der Waals surface area (Å²) in [6, 6.07) is 42.5. The molecule has 0 radical (unpaired) electrons. The molecular formula is C25H23ClPS+. The summed E-state index contributed by atoms with van der Waals surface area (Å²) in [6.07, 6.45) is 0. The smallest absolute Gasteiger partial charge is 0.0622 e. The quantitative estimate of drug-likeness (QED) is 0.337. The maximum Gasteiger partial charge on any atom is 0.109 e. The Morgan fingerprint density at radius 1 is 0.500 bits per heavy atom. The predicted octanol–water partition coefficient (Wildman–Crippen LogP) is 6.54. The first-order valence-electron chi connectivity index (χ1n) is 9.12. The minimum absolute atomic E-state index is 1.09. The van der Waals surface area contributed by atoms with Crippen LogP contribution in [-0.2, 0) is 0 Å². The molecule has 4 aromatic rings. The van der Waals surface area contributed by atoms with Gasteiger partial charge < -0.3 is 0 Å². The average Bonchev–Trinajstić information content (AvgIpc) is 2.81. The minimum atomic E-state index is -1.53. The molecule has 0 fully saturated rings. The second-order valence-electron chi connectivity index (χ2n) is 6.40. The number of benzene rings is 4. The van der Waals surface area contributed by atoms with E-state index in [1.807, 2.05) is 30.3 Å². The SMILES string of the molecule is C[P+](c1ccccc1)(c1ccccc1)c1ccccc1.ClSc1ccccc1. The second kappa shape index (κ2) is 10.5. The maximum atomic E-state index is 5.44. The third kappa shape index (κ3) is 5.06. The van der Waals surface area contributed by atoms with Crippen molar-refractivity contribution in [2.45, 2.75) is 4.90 Å².